The van der Waals surface area contributed by atoms with E-state index in [4.69, 9.17) is 0 Å². The van der Waals surface area contributed by atoms with Crippen LogP contribution in [0.15, 0.2) is 18.2 Å². The SMILES string of the molecule is CCCCCCCCCCCCCCC#Cc1cc(C#CCCCCCCCCCCCCCC)cc(CCCCCCCCCCCCCCCC)c1. The second-order valence-electron chi connectivity index (χ2n) is 17.1. The van der Waals surface area contributed by atoms with Crippen LogP contribution < -0.4 is 0 Å². The standard InChI is InChI=1S/C54H94/c1-4-7-10-13-16-19-22-25-28-31-34-37-40-43-46-52-49-53(47-44-41-38-35-32-29-26-23-20-17-14-11-8-5-2)51-54(50-52)48-45-42-39-36-33-30-27-24-21-18-15-12-9-6-3/h49-51H,4-43,46H2,1-3H3. The Morgan fingerprint density at radius 1 is 0.278 bits per heavy atom. The molecule has 54 heavy (non-hydrogen) atoms. The first-order valence-electron chi connectivity index (χ1n) is 24.9. The van der Waals surface area contributed by atoms with Gasteiger partial charge < -0.3 is 0 Å². The molecule has 0 aliphatic heterocycles. The highest BCUT2D eigenvalue weighted by Crippen LogP contribution is 2.18. The zero-order valence-corrected chi connectivity index (χ0v) is 37.2. The summed E-state index contributed by atoms with van der Waals surface area (Å²) in [7, 11) is 0. The molecule has 0 radical (unpaired) electrons. The fourth-order valence-corrected chi connectivity index (χ4v) is 7.94. The second kappa shape index (κ2) is 42.5. The molecule has 0 heterocycles. The Labute approximate surface area is 341 Å². The van der Waals surface area contributed by atoms with Gasteiger partial charge in [-0.2, -0.15) is 0 Å². The molecule has 0 spiro atoms. The highest BCUT2D eigenvalue weighted by Gasteiger charge is 2.01. The van der Waals surface area contributed by atoms with Crippen LogP contribution in [0.5, 0.6) is 0 Å². The van der Waals surface area contributed by atoms with E-state index in [-0.39, 0.29) is 0 Å². The summed E-state index contributed by atoms with van der Waals surface area (Å²) in [5.74, 6) is 14.2. The topological polar surface area (TPSA) is 0 Å². The lowest BCUT2D eigenvalue weighted by Crippen LogP contribution is -1.91. The third kappa shape index (κ3) is 36.0. The average molecular weight is 743 g/mol. The second-order valence-corrected chi connectivity index (χ2v) is 17.1. The van der Waals surface area contributed by atoms with Crippen molar-refractivity contribution in [2.75, 3.05) is 0 Å². The minimum Gasteiger partial charge on any atom is -0.0979 e. The maximum absolute atomic E-state index is 3.55. The molecule has 0 amide bonds. The Kier molecular flexibility index (Phi) is 39.6. The molecule has 0 bridgehead atoms. The lowest BCUT2D eigenvalue weighted by atomic mass is 9.99. The van der Waals surface area contributed by atoms with Gasteiger partial charge in [0.25, 0.3) is 0 Å². The zero-order chi connectivity index (χ0) is 38.7. The first-order chi connectivity index (χ1) is 26.8. The first kappa shape index (κ1) is 50.4. The lowest BCUT2D eigenvalue weighted by molar-refractivity contribution is 0.535. The van der Waals surface area contributed by atoms with Crippen molar-refractivity contribution in [3.8, 4) is 23.7 Å². The molecule has 0 saturated heterocycles. The minimum atomic E-state index is 1.03. The molecule has 0 fully saturated rings. The van der Waals surface area contributed by atoms with Gasteiger partial charge in [-0.3, -0.25) is 0 Å². The quantitative estimate of drug-likeness (QED) is 0.0465. The van der Waals surface area contributed by atoms with Crippen LogP contribution in [0.3, 0.4) is 0 Å². The van der Waals surface area contributed by atoms with Crippen LogP contribution in [-0.4, -0.2) is 0 Å². The molecule has 0 heteroatoms. The predicted molar refractivity (Wildman–Crippen MR) is 246 cm³/mol. The Balaban J connectivity index is 2.39. The van der Waals surface area contributed by atoms with Crippen LogP contribution in [0.25, 0.3) is 0 Å². The molecular weight excluding hydrogens is 649 g/mol. The van der Waals surface area contributed by atoms with Crippen LogP contribution in [0.4, 0.5) is 0 Å². The van der Waals surface area contributed by atoms with E-state index in [9.17, 15) is 0 Å². The smallest absolute Gasteiger partial charge is 0.0260 e. The van der Waals surface area contributed by atoms with Crippen molar-refractivity contribution in [2.24, 2.45) is 0 Å². The zero-order valence-electron chi connectivity index (χ0n) is 37.2. The fraction of sp³-hybridized carbons (Fsp3) is 0.815. The van der Waals surface area contributed by atoms with E-state index in [0.29, 0.717) is 0 Å². The maximum atomic E-state index is 3.55. The van der Waals surface area contributed by atoms with Crippen molar-refractivity contribution in [1.29, 1.82) is 0 Å². The van der Waals surface area contributed by atoms with E-state index >= 15 is 0 Å². The van der Waals surface area contributed by atoms with Crippen molar-refractivity contribution < 1.29 is 0 Å². The van der Waals surface area contributed by atoms with Gasteiger partial charge in [-0.15, -0.1) is 0 Å². The highest BCUT2D eigenvalue weighted by atomic mass is 14.1. The van der Waals surface area contributed by atoms with Gasteiger partial charge in [-0.25, -0.2) is 0 Å². The summed E-state index contributed by atoms with van der Waals surface area (Å²) >= 11 is 0. The van der Waals surface area contributed by atoms with Gasteiger partial charge in [0.1, 0.15) is 0 Å². The van der Waals surface area contributed by atoms with Gasteiger partial charge in [-0.05, 0) is 49.4 Å². The number of aryl methyl sites for hydroxylation is 1. The number of hydrogen-bond acceptors (Lipinski definition) is 0. The van der Waals surface area contributed by atoms with Crippen LogP contribution in [-0.2, 0) is 6.42 Å². The number of benzene rings is 1. The lowest BCUT2D eigenvalue weighted by Gasteiger charge is -2.05. The number of unbranched alkanes of at least 4 members (excludes halogenated alkanes) is 37. The van der Waals surface area contributed by atoms with Crippen molar-refractivity contribution in [3.05, 3.63) is 34.9 Å². The van der Waals surface area contributed by atoms with Crippen LogP contribution in [0, 0.1) is 23.7 Å². The molecule has 0 aliphatic carbocycles. The van der Waals surface area contributed by atoms with Crippen LogP contribution in [0.1, 0.15) is 294 Å². The monoisotopic (exact) mass is 743 g/mol. The van der Waals surface area contributed by atoms with Gasteiger partial charge >= 0.3 is 0 Å². The molecule has 0 nitrogen and oxygen atoms in total. The molecule has 310 valence electrons. The third-order valence-electron chi connectivity index (χ3n) is 11.6. The largest absolute Gasteiger partial charge is 0.0979 e. The fourth-order valence-electron chi connectivity index (χ4n) is 7.94. The molecule has 0 saturated carbocycles. The summed E-state index contributed by atoms with van der Waals surface area (Å²) in [5, 5.41) is 0. The van der Waals surface area contributed by atoms with Crippen molar-refractivity contribution in [2.45, 2.75) is 284 Å². The van der Waals surface area contributed by atoms with Gasteiger partial charge in [-0.1, -0.05) is 269 Å². The van der Waals surface area contributed by atoms with Crippen LogP contribution >= 0.6 is 0 Å². The molecular formula is C54H94. The van der Waals surface area contributed by atoms with Crippen molar-refractivity contribution in [1.82, 2.24) is 0 Å². The molecule has 0 aromatic heterocycles. The summed E-state index contributed by atoms with van der Waals surface area (Å²) in [5.41, 5.74) is 3.82. The van der Waals surface area contributed by atoms with E-state index in [2.05, 4.69) is 62.7 Å². The third-order valence-corrected chi connectivity index (χ3v) is 11.6. The van der Waals surface area contributed by atoms with Gasteiger partial charge in [0.05, 0.1) is 0 Å². The average Bonchev–Trinajstić information content (AvgIpc) is 3.18. The molecule has 0 unspecified atom stereocenters. The molecule has 1 aromatic carbocycles. The van der Waals surface area contributed by atoms with E-state index in [1.165, 1.54) is 267 Å². The van der Waals surface area contributed by atoms with Gasteiger partial charge in [0.2, 0.25) is 0 Å². The highest BCUT2D eigenvalue weighted by molar-refractivity contribution is 5.46. The minimum absolute atomic E-state index is 1.03. The van der Waals surface area contributed by atoms with Gasteiger partial charge in [0, 0.05) is 24.0 Å². The first-order valence-corrected chi connectivity index (χ1v) is 24.9. The van der Waals surface area contributed by atoms with E-state index < -0.39 is 0 Å². The summed E-state index contributed by atoms with van der Waals surface area (Å²) in [4.78, 5) is 0. The Morgan fingerprint density at radius 2 is 0.519 bits per heavy atom. The molecule has 0 N–H and O–H groups in total. The van der Waals surface area contributed by atoms with Crippen LogP contribution in [0.2, 0.25) is 0 Å². The molecule has 1 aromatic rings. The maximum Gasteiger partial charge on any atom is 0.0260 e. The molecule has 1 rings (SSSR count). The van der Waals surface area contributed by atoms with E-state index in [0.717, 1.165) is 12.8 Å². The van der Waals surface area contributed by atoms with Crippen molar-refractivity contribution in [3.63, 3.8) is 0 Å². The molecule has 0 atom stereocenters. The number of hydrogen-bond donors (Lipinski definition) is 0. The summed E-state index contributed by atoms with van der Waals surface area (Å²) in [6.07, 6.45) is 56.6. The number of rotatable bonds is 39. The summed E-state index contributed by atoms with van der Waals surface area (Å²) in [6.45, 7) is 6.92. The Hall–Kier alpha value is -1.66. The summed E-state index contributed by atoms with van der Waals surface area (Å²) < 4.78 is 0. The molecule has 0 aliphatic rings. The van der Waals surface area contributed by atoms with E-state index in [1.807, 2.05) is 0 Å². The Morgan fingerprint density at radius 3 is 0.796 bits per heavy atom. The van der Waals surface area contributed by atoms with Crippen molar-refractivity contribution >= 4 is 0 Å². The normalized spacial score (nSPS) is 11.0. The Bertz CT molecular complexity index is 959. The van der Waals surface area contributed by atoms with Gasteiger partial charge in [0.15, 0.2) is 0 Å². The predicted octanol–water partition coefficient (Wildman–Crippen LogP) is 18.6. The van der Waals surface area contributed by atoms with E-state index in [1.54, 1.807) is 0 Å². The summed E-state index contributed by atoms with van der Waals surface area (Å²) in [6, 6.07) is 7.00.